The van der Waals surface area contributed by atoms with Gasteiger partial charge in [-0.05, 0) is 57.0 Å². The minimum Gasteiger partial charge on any atom is -0.503 e. The first-order chi connectivity index (χ1) is 14.7. The maximum Gasteiger partial charge on any atom is 0.294 e. The standard InChI is InChI=1S/C26H32N2O3/c1-7-27(8-2)20-12-10-19(11-13-20)23-22(24(29)16(3)4)25(30)26(31)28(23)21-14-9-17(5)15-18(21)6/h9-16,23,30H,7-8H2,1-6H3. The Kier molecular flexibility index (Phi) is 6.54. The molecule has 1 aliphatic heterocycles. The van der Waals surface area contributed by atoms with E-state index in [4.69, 9.17) is 0 Å². The van der Waals surface area contributed by atoms with E-state index in [9.17, 15) is 14.7 Å². The Labute approximate surface area is 185 Å². The molecule has 1 unspecified atom stereocenters. The van der Waals surface area contributed by atoms with Crippen LogP contribution in [0.2, 0.25) is 0 Å². The molecule has 0 bridgehead atoms. The van der Waals surface area contributed by atoms with Crippen LogP contribution in [0.4, 0.5) is 11.4 Å². The van der Waals surface area contributed by atoms with Crippen molar-refractivity contribution in [1.29, 1.82) is 0 Å². The predicted molar refractivity (Wildman–Crippen MR) is 126 cm³/mol. The van der Waals surface area contributed by atoms with Gasteiger partial charge in [-0.1, -0.05) is 43.7 Å². The summed E-state index contributed by atoms with van der Waals surface area (Å²) in [6.45, 7) is 13.5. The Morgan fingerprint density at radius 3 is 2.19 bits per heavy atom. The average Bonchev–Trinajstić information content (AvgIpc) is 3.00. The molecule has 0 aliphatic carbocycles. The summed E-state index contributed by atoms with van der Waals surface area (Å²) < 4.78 is 0. The summed E-state index contributed by atoms with van der Waals surface area (Å²) in [4.78, 5) is 30.0. The molecule has 2 aromatic rings. The number of Topliss-reactive ketones (excluding diaryl/α,β-unsaturated/α-hetero) is 1. The summed E-state index contributed by atoms with van der Waals surface area (Å²) in [7, 11) is 0. The largest absolute Gasteiger partial charge is 0.503 e. The highest BCUT2D eigenvalue weighted by atomic mass is 16.3. The van der Waals surface area contributed by atoms with Crippen molar-refractivity contribution in [3.63, 3.8) is 0 Å². The van der Waals surface area contributed by atoms with Crippen LogP contribution < -0.4 is 9.80 Å². The third-order valence-electron chi connectivity index (χ3n) is 5.95. The van der Waals surface area contributed by atoms with E-state index in [1.54, 1.807) is 18.7 Å². The third-order valence-corrected chi connectivity index (χ3v) is 5.95. The minimum atomic E-state index is -0.658. The summed E-state index contributed by atoms with van der Waals surface area (Å²) in [5.74, 6) is -1.53. The Bertz CT molecular complexity index is 1020. The second kappa shape index (κ2) is 8.96. The number of carbonyl (C=O) groups excluding carboxylic acids is 2. The first-order valence-electron chi connectivity index (χ1n) is 10.9. The number of aliphatic hydroxyl groups is 1. The number of aryl methyl sites for hydroxylation is 2. The van der Waals surface area contributed by atoms with Crippen molar-refractivity contribution in [2.75, 3.05) is 22.9 Å². The van der Waals surface area contributed by atoms with Crippen LogP contribution in [-0.2, 0) is 9.59 Å². The molecule has 1 aliphatic rings. The molecule has 5 nitrogen and oxygen atoms in total. The van der Waals surface area contributed by atoms with E-state index < -0.39 is 17.7 Å². The van der Waals surface area contributed by atoms with Gasteiger partial charge in [0.1, 0.15) is 0 Å². The van der Waals surface area contributed by atoms with Crippen molar-refractivity contribution in [3.05, 3.63) is 70.5 Å². The molecule has 5 heteroatoms. The Balaban J connectivity index is 2.16. The number of carbonyl (C=O) groups is 2. The van der Waals surface area contributed by atoms with Gasteiger partial charge < -0.3 is 10.0 Å². The number of rotatable bonds is 7. The van der Waals surface area contributed by atoms with Crippen LogP contribution in [0.15, 0.2) is 53.8 Å². The number of hydrogen-bond donors (Lipinski definition) is 1. The van der Waals surface area contributed by atoms with Gasteiger partial charge in [0.25, 0.3) is 5.91 Å². The van der Waals surface area contributed by atoms with Crippen LogP contribution in [-0.4, -0.2) is 29.9 Å². The van der Waals surface area contributed by atoms with Gasteiger partial charge in [-0.2, -0.15) is 0 Å². The molecular weight excluding hydrogens is 388 g/mol. The van der Waals surface area contributed by atoms with Crippen LogP contribution in [0.3, 0.4) is 0 Å². The molecule has 3 rings (SSSR count). The summed E-state index contributed by atoms with van der Waals surface area (Å²) in [5.41, 5.74) is 4.77. The van der Waals surface area contributed by atoms with Crippen LogP contribution in [0.25, 0.3) is 0 Å². The van der Waals surface area contributed by atoms with E-state index in [1.165, 1.54) is 0 Å². The van der Waals surface area contributed by atoms with E-state index in [0.29, 0.717) is 5.69 Å². The summed E-state index contributed by atoms with van der Waals surface area (Å²) in [5, 5.41) is 10.8. The van der Waals surface area contributed by atoms with Gasteiger partial charge in [0.2, 0.25) is 0 Å². The molecule has 1 heterocycles. The van der Waals surface area contributed by atoms with Gasteiger partial charge >= 0.3 is 0 Å². The SMILES string of the molecule is CCN(CC)c1ccc(C2C(C(=O)C(C)C)=C(O)C(=O)N2c2ccc(C)cc2C)cc1. The molecule has 0 saturated carbocycles. The molecule has 31 heavy (non-hydrogen) atoms. The summed E-state index contributed by atoms with van der Waals surface area (Å²) >= 11 is 0. The molecule has 0 aromatic heterocycles. The molecule has 1 amide bonds. The van der Waals surface area contributed by atoms with E-state index in [2.05, 4.69) is 18.7 Å². The van der Waals surface area contributed by atoms with Gasteiger partial charge in [0.05, 0.1) is 11.6 Å². The van der Waals surface area contributed by atoms with Crippen LogP contribution in [0.1, 0.15) is 50.4 Å². The normalized spacial score (nSPS) is 16.4. The van der Waals surface area contributed by atoms with E-state index in [1.807, 2.05) is 56.3 Å². The highest BCUT2D eigenvalue weighted by Crippen LogP contribution is 2.43. The first-order valence-corrected chi connectivity index (χ1v) is 10.9. The second-order valence-electron chi connectivity index (χ2n) is 8.41. The van der Waals surface area contributed by atoms with Crippen molar-refractivity contribution in [2.24, 2.45) is 5.92 Å². The fourth-order valence-corrected chi connectivity index (χ4v) is 4.26. The number of anilines is 2. The summed E-state index contributed by atoms with van der Waals surface area (Å²) in [6, 6.07) is 13.1. The van der Waals surface area contributed by atoms with Crippen LogP contribution >= 0.6 is 0 Å². The molecule has 0 radical (unpaired) electrons. The summed E-state index contributed by atoms with van der Waals surface area (Å²) in [6.07, 6.45) is 0. The van der Waals surface area contributed by atoms with Crippen LogP contribution in [0, 0.1) is 19.8 Å². The predicted octanol–water partition coefficient (Wildman–Crippen LogP) is 5.27. The fourth-order valence-electron chi connectivity index (χ4n) is 4.26. The lowest BCUT2D eigenvalue weighted by molar-refractivity contribution is -0.119. The number of benzene rings is 2. The number of amides is 1. The Hall–Kier alpha value is -3.08. The highest BCUT2D eigenvalue weighted by Gasteiger charge is 2.45. The van der Waals surface area contributed by atoms with Gasteiger partial charge in [0, 0.05) is 30.4 Å². The lowest BCUT2D eigenvalue weighted by Crippen LogP contribution is -2.32. The highest BCUT2D eigenvalue weighted by molar-refractivity contribution is 6.17. The van der Waals surface area contributed by atoms with Gasteiger partial charge in [-0.3, -0.25) is 14.5 Å². The molecule has 1 N–H and O–H groups in total. The molecule has 164 valence electrons. The molecule has 0 fully saturated rings. The third kappa shape index (κ3) is 4.09. The van der Waals surface area contributed by atoms with Crippen molar-refractivity contribution >= 4 is 23.1 Å². The Morgan fingerprint density at radius 2 is 1.68 bits per heavy atom. The number of hydrogen-bond acceptors (Lipinski definition) is 4. The van der Waals surface area contributed by atoms with E-state index >= 15 is 0 Å². The van der Waals surface area contributed by atoms with Crippen molar-refractivity contribution in [1.82, 2.24) is 0 Å². The molecular formula is C26H32N2O3. The minimum absolute atomic E-state index is 0.176. The van der Waals surface area contributed by atoms with Gasteiger partial charge in [0.15, 0.2) is 11.5 Å². The molecule has 2 aromatic carbocycles. The van der Waals surface area contributed by atoms with Crippen molar-refractivity contribution in [3.8, 4) is 0 Å². The van der Waals surface area contributed by atoms with Crippen molar-refractivity contribution < 1.29 is 14.7 Å². The van der Waals surface area contributed by atoms with Gasteiger partial charge in [-0.25, -0.2) is 0 Å². The van der Waals surface area contributed by atoms with E-state index in [0.717, 1.165) is 35.5 Å². The average molecular weight is 421 g/mol. The topological polar surface area (TPSA) is 60.9 Å². The Morgan fingerprint density at radius 1 is 1.06 bits per heavy atom. The fraction of sp³-hybridized carbons (Fsp3) is 0.385. The lowest BCUT2D eigenvalue weighted by atomic mass is 9.90. The molecule has 1 atom stereocenters. The smallest absolute Gasteiger partial charge is 0.294 e. The second-order valence-corrected chi connectivity index (χ2v) is 8.41. The zero-order valence-electron chi connectivity index (χ0n) is 19.3. The number of aliphatic hydroxyl groups excluding tert-OH is 1. The van der Waals surface area contributed by atoms with Crippen LogP contribution in [0.5, 0.6) is 0 Å². The van der Waals surface area contributed by atoms with Gasteiger partial charge in [-0.15, -0.1) is 0 Å². The number of ketones is 1. The lowest BCUT2D eigenvalue weighted by Gasteiger charge is -2.29. The first kappa shape index (κ1) is 22.6. The maximum atomic E-state index is 13.2. The number of nitrogens with zero attached hydrogens (tertiary/aromatic N) is 2. The quantitative estimate of drug-likeness (QED) is 0.662. The maximum absolute atomic E-state index is 13.2. The molecule has 0 saturated heterocycles. The molecule has 0 spiro atoms. The van der Waals surface area contributed by atoms with E-state index in [-0.39, 0.29) is 17.3 Å². The zero-order chi connectivity index (χ0) is 22.9. The van der Waals surface area contributed by atoms with Crippen molar-refractivity contribution in [2.45, 2.75) is 47.6 Å². The monoisotopic (exact) mass is 420 g/mol. The zero-order valence-corrected chi connectivity index (χ0v) is 19.3.